The predicted molar refractivity (Wildman–Crippen MR) is 96.9 cm³/mol. The van der Waals surface area contributed by atoms with Gasteiger partial charge in [-0.2, -0.15) is 0 Å². The molecule has 1 N–H and O–H groups in total. The first kappa shape index (κ1) is 16.3. The van der Waals surface area contributed by atoms with Gasteiger partial charge in [-0.3, -0.25) is 4.79 Å². The zero-order valence-electron chi connectivity index (χ0n) is 13.3. The molecule has 0 atom stereocenters. The Kier molecular flexibility index (Phi) is 4.66. The number of aryl methyl sites for hydroxylation is 1. The summed E-state index contributed by atoms with van der Waals surface area (Å²) in [6.45, 7) is 1.91. The molecule has 5 nitrogen and oxygen atoms in total. The van der Waals surface area contributed by atoms with Crippen molar-refractivity contribution in [1.29, 1.82) is 0 Å². The van der Waals surface area contributed by atoms with Crippen molar-refractivity contribution in [3.05, 3.63) is 70.6 Å². The van der Waals surface area contributed by atoms with Crippen molar-refractivity contribution >= 4 is 27.5 Å². The van der Waals surface area contributed by atoms with Crippen LogP contribution in [-0.4, -0.2) is 22.6 Å². The molecule has 0 radical (unpaired) electrons. The van der Waals surface area contributed by atoms with E-state index < -0.39 is 0 Å². The molecule has 122 valence electrons. The van der Waals surface area contributed by atoms with Crippen LogP contribution in [0.5, 0.6) is 5.75 Å². The molecule has 0 unspecified atom stereocenters. The molecule has 0 bridgehead atoms. The minimum absolute atomic E-state index is 0.231. The van der Waals surface area contributed by atoms with Crippen LogP contribution < -0.4 is 10.1 Å². The van der Waals surface area contributed by atoms with Crippen LogP contribution in [0.25, 0.3) is 5.82 Å². The maximum absolute atomic E-state index is 12.5. The van der Waals surface area contributed by atoms with E-state index in [4.69, 9.17) is 4.74 Å². The second-order valence-electron chi connectivity index (χ2n) is 5.25. The molecule has 1 amide bonds. The van der Waals surface area contributed by atoms with Gasteiger partial charge in [0, 0.05) is 23.1 Å². The summed E-state index contributed by atoms with van der Waals surface area (Å²) >= 11 is 3.42. The molecule has 3 rings (SSSR count). The van der Waals surface area contributed by atoms with E-state index >= 15 is 0 Å². The summed E-state index contributed by atoms with van der Waals surface area (Å²) in [5.74, 6) is 1.13. The fraction of sp³-hybridized carbons (Fsp3) is 0.111. The van der Waals surface area contributed by atoms with Gasteiger partial charge >= 0.3 is 0 Å². The molecule has 6 heteroatoms. The lowest BCUT2D eigenvalue weighted by molar-refractivity contribution is 0.102. The number of halogens is 1. The largest absolute Gasteiger partial charge is 0.495 e. The van der Waals surface area contributed by atoms with Gasteiger partial charge in [-0.05, 0) is 48.9 Å². The molecule has 3 aromatic rings. The van der Waals surface area contributed by atoms with E-state index in [1.54, 1.807) is 25.4 Å². The summed E-state index contributed by atoms with van der Waals surface area (Å²) in [6, 6.07) is 11.1. The standard InChI is InChI=1S/C18H16BrN3O2/c1-12-9-14(19)10-15(24-2)17(12)21-18(23)13-5-6-16(20-11-13)22-7-3-4-8-22/h3-11H,1-2H3,(H,21,23). The Morgan fingerprint density at radius 1 is 1.25 bits per heavy atom. The van der Waals surface area contributed by atoms with Gasteiger partial charge in [0.1, 0.15) is 11.6 Å². The highest BCUT2D eigenvalue weighted by molar-refractivity contribution is 9.10. The van der Waals surface area contributed by atoms with E-state index in [0.29, 0.717) is 17.0 Å². The van der Waals surface area contributed by atoms with Gasteiger partial charge in [0.2, 0.25) is 0 Å². The number of nitrogens with zero attached hydrogens (tertiary/aromatic N) is 2. The summed E-state index contributed by atoms with van der Waals surface area (Å²) < 4.78 is 8.12. The van der Waals surface area contributed by atoms with Crippen LogP contribution >= 0.6 is 15.9 Å². The number of methoxy groups -OCH3 is 1. The third-order valence-electron chi connectivity index (χ3n) is 3.60. The van der Waals surface area contributed by atoms with Gasteiger partial charge in [0.15, 0.2) is 0 Å². The second-order valence-corrected chi connectivity index (χ2v) is 6.17. The number of carbonyl (C=O) groups is 1. The van der Waals surface area contributed by atoms with Gasteiger partial charge < -0.3 is 14.6 Å². The van der Waals surface area contributed by atoms with E-state index in [9.17, 15) is 4.79 Å². The minimum atomic E-state index is -0.231. The van der Waals surface area contributed by atoms with Crippen LogP contribution in [0.15, 0.2) is 59.5 Å². The minimum Gasteiger partial charge on any atom is -0.495 e. The summed E-state index contributed by atoms with van der Waals surface area (Å²) in [7, 11) is 1.57. The number of ether oxygens (including phenoxy) is 1. The average Bonchev–Trinajstić information content (AvgIpc) is 3.11. The molecule has 0 aliphatic carbocycles. The number of aromatic nitrogens is 2. The van der Waals surface area contributed by atoms with Crippen LogP contribution in [0.1, 0.15) is 15.9 Å². The highest BCUT2D eigenvalue weighted by Crippen LogP contribution is 2.32. The van der Waals surface area contributed by atoms with Crippen LogP contribution in [0.4, 0.5) is 5.69 Å². The van der Waals surface area contributed by atoms with Crippen molar-refractivity contribution in [1.82, 2.24) is 9.55 Å². The summed E-state index contributed by atoms with van der Waals surface area (Å²) in [5.41, 5.74) is 2.04. The summed E-state index contributed by atoms with van der Waals surface area (Å²) in [6.07, 6.45) is 5.36. The van der Waals surface area contributed by atoms with E-state index in [1.165, 1.54) is 0 Å². The Labute approximate surface area is 148 Å². The van der Waals surface area contributed by atoms with Crippen molar-refractivity contribution < 1.29 is 9.53 Å². The predicted octanol–water partition coefficient (Wildman–Crippen LogP) is 4.20. The summed E-state index contributed by atoms with van der Waals surface area (Å²) in [5, 5.41) is 2.90. The number of benzene rings is 1. The maximum Gasteiger partial charge on any atom is 0.257 e. The third-order valence-corrected chi connectivity index (χ3v) is 4.06. The van der Waals surface area contributed by atoms with Crippen molar-refractivity contribution in [3.8, 4) is 11.6 Å². The molecule has 24 heavy (non-hydrogen) atoms. The first-order valence-corrected chi connectivity index (χ1v) is 8.12. The smallest absolute Gasteiger partial charge is 0.257 e. The molecule has 0 aliphatic heterocycles. The van der Waals surface area contributed by atoms with Gasteiger partial charge in [-0.25, -0.2) is 4.98 Å². The number of hydrogen-bond acceptors (Lipinski definition) is 3. The second kappa shape index (κ2) is 6.88. The Morgan fingerprint density at radius 2 is 2.00 bits per heavy atom. The quantitative estimate of drug-likeness (QED) is 0.731. The topological polar surface area (TPSA) is 56.1 Å². The zero-order valence-corrected chi connectivity index (χ0v) is 14.9. The molecule has 0 saturated carbocycles. The molecule has 1 aromatic carbocycles. The number of rotatable bonds is 4. The van der Waals surface area contributed by atoms with Gasteiger partial charge in [-0.15, -0.1) is 0 Å². The molecule has 0 aliphatic rings. The van der Waals surface area contributed by atoms with Gasteiger partial charge in [0.05, 0.1) is 18.4 Å². The molecular formula is C18H16BrN3O2. The molecule has 0 spiro atoms. The third kappa shape index (κ3) is 3.33. The summed E-state index contributed by atoms with van der Waals surface area (Å²) in [4.78, 5) is 16.8. The van der Waals surface area contributed by atoms with E-state index in [2.05, 4.69) is 26.2 Å². The fourth-order valence-corrected chi connectivity index (χ4v) is 2.93. The number of carbonyl (C=O) groups excluding carboxylic acids is 1. The van der Waals surface area contributed by atoms with Crippen LogP contribution in [0.2, 0.25) is 0 Å². The molecule has 2 aromatic heterocycles. The number of amides is 1. The number of hydrogen-bond donors (Lipinski definition) is 1. The highest BCUT2D eigenvalue weighted by Gasteiger charge is 2.13. The first-order chi connectivity index (χ1) is 11.6. The van der Waals surface area contributed by atoms with E-state index in [0.717, 1.165) is 15.9 Å². The Morgan fingerprint density at radius 3 is 2.62 bits per heavy atom. The maximum atomic E-state index is 12.5. The lowest BCUT2D eigenvalue weighted by Crippen LogP contribution is -2.14. The Bertz CT molecular complexity index is 859. The van der Waals surface area contributed by atoms with Crippen LogP contribution in [-0.2, 0) is 0 Å². The Balaban J connectivity index is 1.83. The van der Waals surface area contributed by atoms with Crippen molar-refractivity contribution in [2.75, 3.05) is 12.4 Å². The SMILES string of the molecule is COc1cc(Br)cc(C)c1NC(=O)c1ccc(-n2cccc2)nc1. The monoisotopic (exact) mass is 385 g/mol. The van der Waals surface area contributed by atoms with E-state index in [-0.39, 0.29) is 5.91 Å². The lowest BCUT2D eigenvalue weighted by Gasteiger charge is -2.14. The highest BCUT2D eigenvalue weighted by atomic mass is 79.9. The molecular weight excluding hydrogens is 370 g/mol. The normalized spacial score (nSPS) is 10.5. The van der Waals surface area contributed by atoms with Crippen molar-refractivity contribution in [2.45, 2.75) is 6.92 Å². The van der Waals surface area contributed by atoms with Crippen LogP contribution in [0.3, 0.4) is 0 Å². The number of pyridine rings is 1. The van der Waals surface area contributed by atoms with Gasteiger partial charge in [0.25, 0.3) is 5.91 Å². The molecule has 0 fully saturated rings. The van der Waals surface area contributed by atoms with Crippen LogP contribution in [0, 0.1) is 6.92 Å². The van der Waals surface area contributed by atoms with Crippen molar-refractivity contribution in [3.63, 3.8) is 0 Å². The van der Waals surface area contributed by atoms with E-state index in [1.807, 2.05) is 48.1 Å². The lowest BCUT2D eigenvalue weighted by atomic mass is 10.1. The zero-order chi connectivity index (χ0) is 17.1. The average molecular weight is 386 g/mol. The Hall–Kier alpha value is -2.60. The fourth-order valence-electron chi connectivity index (χ4n) is 2.38. The number of nitrogens with one attached hydrogen (secondary N) is 1. The number of anilines is 1. The molecule has 0 saturated heterocycles. The van der Waals surface area contributed by atoms with Crippen molar-refractivity contribution in [2.24, 2.45) is 0 Å². The van der Waals surface area contributed by atoms with Gasteiger partial charge in [-0.1, -0.05) is 15.9 Å². The molecule has 2 heterocycles. The first-order valence-electron chi connectivity index (χ1n) is 7.33.